The summed E-state index contributed by atoms with van der Waals surface area (Å²) in [7, 11) is 2.21. The molecule has 0 bridgehead atoms. The normalized spacial score (nSPS) is 15.4. The predicted molar refractivity (Wildman–Crippen MR) is 124 cm³/mol. The van der Waals surface area contributed by atoms with Crippen LogP contribution in [0.15, 0.2) is 65.5 Å². The summed E-state index contributed by atoms with van der Waals surface area (Å²) < 4.78 is 5.46. The second kappa shape index (κ2) is 8.97. The molecule has 3 aromatic rings. The Labute approximate surface area is 180 Å². The lowest BCUT2D eigenvalue weighted by Gasteiger charge is -2.40. The molecule has 4 heteroatoms. The second-order valence-electron chi connectivity index (χ2n) is 8.69. The van der Waals surface area contributed by atoms with E-state index >= 15 is 0 Å². The van der Waals surface area contributed by atoms with Gasteiger partial charge in [0.1, 0.15) is 5.58 Å². The molecule has 1 aromatic heterocycles. The van der Waals surface area contributed by atoms with E-state index in [1.165, 1.54) is 35.1 Å². The lowest BCUT2D eigenvalue weighted by atomic mass is 10.0. The molecule has 1 N–H and O–H groups in total. The third-order valence-corrected chi connectivity index (χ3v) is 6.33. The van der Waals surface area contributed by atoms with Crippen LogP contribution in [0.1, 0.15) is 35.1 Å². The van der Waals surface area contributed by atoms with Crippen molar-refractivity contribution in [2.75, 3.05) is 20.1 Å². The van der Waals surface area contributed by atoms with Crippen molar-refractivity contribution in [1.29, 1.82) is 0 Å². The molecule has 2 aromatic carbocycles. The van der Waals surface area contributed by atoms with Crippen molar-refractivity contribution >= 4 is 11.0 Å². The Hall–Kier alpha value is -2.72. The first-order chi connectivity index (χ1) is 14.5. The van der Waals surface area contributed by atoms with E-state index in [0.29, 0.717) is 6.04 Å². The van der Waals surface area contributed by atoms with Gasteiger partial charge in [-0.1, -0.05) is 36.4 Å². The molecular formula is C26H33N3O. The largest absolute Gasteiger partial charge is 0.464 e. The zero-order chi connectivity index (χ0) is 21.1. The highest BCUT2D eigenvalue weighted by Crippen LogP contribution is 2.24. The molecule has 0 saturated carbocycles. The molecular weight excluding hydrogens is 370 g/mol. The Balaban J connectivity index is 1.49. The van der Waals surface area contributed by atoms with Crippen LogP contribution in [-0.2, 0) is 13.1 Å². The third kappa shape index (κ3) is 4.71. The number of rotatable bonds is 7. The monoisotopic (exact) mass is 403 g/mol. The smallest absolute Gasteiger partial charge is 0.133 e. The lowest BCUT2D eigenvalue weighted by Crippen LogP contribution is -2.45. The average Bonchev–Trinajstić information content (AvgIpc) is 3.20. The van der Waals surface area contributed by atoms with Crippen LogP contribution in [0.3, 0.4) is 0 Å². The van der Waals surface area contributed by atoms with Crippen LogP contribution in [0.4, 0.5) is 0 Å². The summed E-state index contributed by atoms with van der Waals surface area (Å²) in [6.45, 7) is 12.7. The van der Waals surface area contributed by atoms with Crippen molar-refractivity contribution in [2.45, 2.75) is 45.8 Å². The molecule has 158 valence electrons. The number of hydrogen-bond donors (Lipinski definition) is 1. The minimum Gasteiger partial charge on any atom is -0.464 e. The number of nitrogens with zero attached hydrogens (tertiary/aromatic N) is 2. The van der Waals surface area contributed by atoms with Crippen LogP contribution in [-0.4, -0.2) is 36.0 Å². The van der Waals surface area contributed by atoms with Crippen molar-refractivity contribution in [1.82, 2.24) is 15.1 Å². The van der Waals surface area contributed by atoms with Gasteiger partial charge in [0.15, 0.2) is 0 Å². The summed E-state index contributed by atoms with van der Waals surface area (Å²) in [6, 6.07) is 15.6. The van der Waals surface area contributed by atoms with Gasteiger partial charge in [-0.25, -0.2) is 0 Å². The molecule has 4 nitrogen and oxygen atoms in total. The van der Waals surface area contributed by atoms with Gasteiger partial charge in [-0.15, -0.1) is 0 Å². The van der Waals surface area contributed by atoms with Crippen LogP contribution >= 0.6 is 0 Å². The van der Waals surface area contributed by atoms with Gasteiger partial charge in [0.2, 0.25) is 0 Å². The SMILES string of the molecule is C=C(NCc1ccc2occc2c1)N(Cc1ccc(C)cc1C)C1CCN(C)CC1. The van der Waals surface area contributed by atoms with Crippen LogP contribution in [0.2, 0.25) is 0 Å². The molecule has 0 radical (unpaired) electrons. The third-order valence-electron chi connectivity index (χ3n) is 6.33. The highest BCUT2D eigenvalue weighted by Gasteiger charge is 2.24. The number of nitrogens with one attached hydrogen (secondary N) is 1. The van der Waals surface area contributed by atoms with E-state index in [-0.39, 0.29) is 0 Å². The van der Waals surface area contributed by atoms with Gasteiger partial charge in [0.05, 0.1) is 12.1 Å². The fourth-order valence-corrected chi connectivity index (χ4v) is 4.39. The molecule has 4 rings (SSSR count). The number of fused-ring (bicyclic) bond motifs is 1. The lowest BCUT2D eigenvalue weighted by molar-refractivity contribution is 0.138. The van der Waals surface area contributed by atoms with Crippen molar-refractivity contribution in [3.8, 4) is 0 Å². The molecule has 1 fully saturated rings. The quantitative estimate of drug-likeness (QED) is 0.587. The molecule has 0 aliphatic carbocycles. The Morgan fingerprint density at radius 1 is 1.13 bits per heavy atom. The Bertz CT molecular complexity index is 1010. The van der Waals surface area contributed by atoms with E-state index in [2.05, 4.69) is 72.9 Å². The summed E-state index contributed by atoms with van der Waals surface area (Å²) in [4.78, 5) is 4.91. The van der Waals surface area contributed by atoms with Crippen molar-refractivity contribution < 1.29 is 4.42 Å². The number of piperidine rings is 1. The van der Waals surface area contributed by atoms with E-state index in [1.54, 1.807) is 6.26 Å². The van der Waals surface area contributed by atoms with Gasteiger partial charge in [0, 0.05) is 24.5 Å². The fraction of sp³-hybridized carbons (Fsp3) is 0.385. The molecule has 0 spiro atoms. The van der Waals surface area contributed by atoms with E-state index in [4.69, 9.17) is 4.42 Å². The molecule has 1 saturated heterocycles. The summed E-state index contributed by atoms with van der Waals surface area (Å²) in [5.74, 6) is 1.01. The standard InChI is InChI=1S/C26H33N3O/c1-19-5-7-24(20(2)15-19)18-29(25-9-12-28(4)13-10-25)21(3)27-17-22-6-8-26-23(16-22)11-14-30-26/h5-8,11,14-16,25,27H,3,9-10,12-13,17-18H2,1-2,4H3. The number of furan rings is 1. The van der Waals surface area contributed by atoms with E-state index in [9.17, 15) is 0 Å². The van der Waals surface area contributed by atoms with Crippen LogP contribution in [0.5, 0.6) is 0 Å². The number of likely N-dealkylation sites (tertiary alicyclic amines) is 1. The molecule has 2 heterocycles. The van der Waals surface area contributed by atoms with Crippen molar-refractivity contribution in [3.05, 3.63) is 83.4 Å². The topological polar surface area (TPSA) is 31.7 Å². The highest BCUT2D eigenvalue weighted by atomic mass is 16.3. The number of benzene rings is 2. The van der Waals surface area contributed by atoms with E-state index in [1.807, 2.05) is 12.1 Å². The fourth-order valence-electron chi connectivity index (χ4n) is 4.39. The summed E-state index contributed by atoms with van der Waals surface area (Å²) in [5, 5.41) is 4.74. The average molecular weight is 404 g/mol. The first-order valence-electron chi connectivity index (χ1n) is 10.9. The number of hydrogen-bond acceptors (Lipinski definition) is 4. The molecule has 0 atom stereocenters. The second-order valence-corrected chi connectivity index (χ2v) is 8.69. The highest BCUT2D eigenvalue weighted by molar-refractivity contribution is 5.77. The van der Waals surface area contributed by atoms with E-state index < -0.39 is 0 Å². The van der Waals surface area contributed by atoms with Gasteiger partial charge < -0.3 is 19.5 Å². The van der Waals surface area contributed by atoms with Gasteiger partial charge in [-0.05, 0) is 81.7 Å². The first kappa shape index (κ1) is 20.5. The Morgan fingerprint density at radius 3 is 2.70 bits per heavy atom. The molecule has 0 unspecified atom stereocenters. The minimum absolute atomic E-state index is 0.512. The maximum Gasteiger partial charge on any atom is 0.133 e. The Kier molecular flexibility index (Phi) is 6.14. The van der Waals surface area contributed by atoms with Gasteiger partial charge in [0.25, 0.3) is 0 Å². The van der Waals surface area contributed by atoms with Crippen LogP contribution in [0.25, 0.3) is 11.0 Å². The first-order valence-corrected chi connectivity index (χ1v) is 10.9. The van der Waals surface area contributed by atoms with Crippen molar-refractivity contribution in [3.63, 3.8) is 0 Å². The molecule has 1 aliphatic rings. The summed E-state index contributed by atoms with van der Waals surface area (Å²) >= 11 is 0. The summed E-state index contributed by atoms with van der Waals surface area (Å²) in [5.41, 5.74) is 6.21. The number of aryl methyl sites for hydroxylation is 2. The zero-order valence-corrected chi connectivity index (χ0v) is 18.4. The van der Waals surface area contributed by atoms with Crippen LogP contribution < -0.4 is 5.32 Å². The van der Waals surface area contributed by atoms with Crippen LogP contribution in [0, 0.1) is 13.8 Å². The minimum atomic E-state index is 0.512. The molecule has 0 amide bonds. The predicted octanol–water partition coefficient (Wildman–Crippen LogP) is 5.21. The molecule has 1 aliphatic heterocycles. The van der Waals surface area contributed by atoms with Crippen molar-refractivity contribution in [2.24, 2.45) is 0 Å². The van der Waals surface area contributed by atoms with Gasteiger partial charge >= 0.3 is 0 Å². The van der Waals surface area contributed by atoms with Gasteiger partial charge in [-0.2, -0.15) is 0 Å². The zero-order valence-electron chi connectivity index (χ0n) is 18.4. The summed E-state index contributed by atoms with van der Waals surface area (Å²) in [6.07, 6.45) is 4.08. The molecule has 30 heavy (non-hydrogen) atoms. The van der Waals surface area contributed by atoms with E-state index in [0.717, 1.165) is 43.0 Å². The maximum atomic E-state index is 5.46. The Morgan fingerprint density at radius 2 is 1.93 bits per heavy atom. The van der Waals surface area contributed by atoms with Gasteiger partial charge in [-0.3, -0.25) is 0 Å². The maximum absolute atomic E-state index is 5.46.